The van der Waals surface area contributed by atoms with Gasteiger partial charge in [0.05, 0.1) is 0 Å². The molecule has 0 aromatic heterocycles. The number of piperazine rings is 1. The van der Waals surface area contributed by atoms with Gasteiger partial charge in [-0.3, -0.25) is 4.79 Å². The molecule has 40 heavy (non-hydrogen) atoms. The summed E-state index contributed by atoms with van der Waals surface area (Å²) in [6, 6.07) is 0.0878. The van der Waals surface area contributed by atoms with Crippen LogP contribution in [0.5, 0.6) is 0 Å². The number of ketones is 1. The van der Waals surface area contributed by atoms with Gasteiger partial charge >= 0.3 is 6.03 Å². The molecular formula is C34H49N3O3. The molecule has 0 aromatic rings. The fraction of sp³-hybridized carbons (Fsp3) is 0.706. The minimum Gasteiger partial charge on any atom is -0.504 e. The number of aliphatic hydroxyl groups excluding tert-OH is 1. The number of hydrogen-bond donors (Lipinski definition) is 3. The summed E-state index contributed by atoms with van der Waals surface area (Å²) >= 11 is 0. The molecule has 0 aromatic carbocycles. The fourth-order valence-corrected chi connectivity index (χ4v) is 9.95. The molecule has 0 radical (unpaired) electrons. The maximum atomic E-state index is 13.0. The summed E-state index contributed by atoms with van der Waals surface area (Å²) in [5, 5.41) is 17.1. The quantitative estimate of drug-likeness (QED) is 0.383. The second kappa shape index (κ2) is 9.08. The molecule has 6 heteroatoms. The highest BCUT2D eigenvalue weighted by molar-refractivity contribution is 6.06. The Kier molecular flexibility index (Phi) is 6.31. The van der Waals surface area contributed by atoms with Crippen molar-refractivity contribution in [3.8, 4) is 0 Å². The average Bonchev–Trinajstić information content (AvgIpc) is 2.94. The molecule has 1 saturated heterocycles. The van der Waals surface area contributed by atoms with Gasteiger partial charge in [0.1, 0.15) is 0 Å². The van der Waals surface area contributed by atoms with E-state index in [1.54, 1.807) is 6.08 Å². The Morgan fingerprint density at radius 2 is 1.73 bits per heavy atom. The number of aliphatic hydroxyl groups is 1. The van der Waals surface area contributed by atoms with Crippen molar-refractivity contribution < 1.29 is 14.7 Å². The third-order valence-electron chi connectivity index (χ3n) is 13.0. The molecule has 218 valence electrons. The number of carbonyl (C=O) groups is 2. The van der Waals surface area contributed by atoms with Gasteiger partial charge in [0, 0.05) is 43.7 Å². The lowest BCUT2D eigenvalue weighted by atomic mass is 9.34. The molecule has 4 fully saturated rings. The van der Waals surface area contributed by atoms with Crippen LogP contribution >= 0.6 is 0 Å². The summed E-state index contributed by atoms with van der Waals surface area (Å²) in [5.41, 5.74) is 4.67. The largest absolute Gasteiger partial charge is 0.504 e. The van der Waals surface area contributed by atoms with E-state index >= 15 is 0 Å². The van der Waals surface area contributed by atoms with Crippen LogP contribution < -0.4 is 10.6 Å². The molecule has 6 aliphatic rings. The Labute approximate surface area is 240 Å². The normalized spacial score (nSPS) is 43.0. The Bertz CT molecular complexity index is 1270. The average molecular weight is 548 g/mol. The van der Waals surface area contributed by atoms with Crippen LogP contribution in [-0.4, -0.2) is 54.5 Å². The van der Waals surface area contributed by atoms with E-state index in [1.165, 1.54) is 24.8 Å². The molecule has 0 spiro atoms. The third kappa shape index (κ3) is 3.84. The predicted molar refractivity (Wildman–Crippen MR) is 159 cm³/mol. The molecule has 6 rings (SSSR count). The maximum absolute atomic E-state index is 13.0. The van der Waals surface area contributed by atoms with Crippen LogP contribution in [0.1, 0.15) is 86.5 Å². The number of nitrogens with one attached hydrogen (secondary N) is 2. The lowest BCUT2D eigenvalue weighted by Gasteiger charge is -2.70. The standard InChI is InChI=1S/C34H49N3O3/c1-22-23-7-8-26-32(4,24(23)19-25(38)28(22)39)12-14-34(6)27-20-30(2,9-10-31(27,3)11-13-33(26,34)5)21-36-29(40)37-17-15-35-16-18-37/h7-8,19,27,35,39H,9-18,20-21H2,1-6H3,(H,36,40)/t27-,30-,31+,32+,33-,34+/m1/s1. The van der Waals surface area contributed by atoms with Crippen LogP contribution in [0.2, 0.25) is 0 Å². The Morgan fingerprint density at radius 1 is 1.02 bits per heavy atom. The van der Waals surface area contributed by atoms with Gasteiger partial charge in [-0.1, -0.05) is 52.3 Å². The first-order valence-corrected chi connectivity index (χ1v) is 15.6. The van der Waals surface area contributed by atoms with E-state index in [1.807, 2.05) is 11.8 Å². The topological polar surface area (TPSA) is 81.7 Å². The summed E-state index contributed by atoms with van der Waals surface area (Å²) in [6.45, 7) is 18.3. The summed E-state index contributed by atoms with van der Waals surface area (Å²) in [5.74, 6) is 0.200. The van der Waals surface area contributed by atoms with E-state index in [-0.39, 0.29) is 39.2 Å². The fourth-order valence-electron chi connectivity index (χ4n) is 9.95. The van der Waals surface area contributed by atoms with Gasteiger partial charge in [0.15, 0.2) is 5.76 Å². The van der Waals surface area contributed by atoms with Crippen molar-refractivity contribution in [2.75, 3.05) is 32.7 Å². The summed E-state index contributed by atoms with van der Waals surface area (Å²) < 4.78 is 0. The Hall–Kier alpha value is -2.34. The van der Waals surface area contributed by atoms with Crippen LogP contribution in [-0.2, 0) is 4.79 Å². The van der Waals surface area contributed by atoms with Gasteiger partial charge in [0.25, 0.3) is 0 Å². The number of hydrogen-bond acceptors (Lipinski definition) is 4. The van der Waals surface area contributed by atoms with Gasteiger partial charge in [-0.25, -0.2) is 4.79 Å². The third-order valence-corrected chi connectivity index (χ3v) is 13.0. The first-order chi connectivity index (χ1) is 18.8. The van der Waals surface area contributed by atoms with Crippen molar-refractivity contribution in [2.45, 2.75) is 86.5 Å². The van der Waals surface area contributed by atoms with Gasteiger partial charge < -0.3 is 20.6 Å². The van der Waals surface area contributed by atoms with Crippen molar-refractivity contribution in [3.05, 3.63) is 46.3 Å². The van der Waals surface area contributed by atoms with Crippen molar-refractivity contribution in [2.24, 2.45) is 33.0 Å². The molecule has 1 heterocycles. The predicted octanol–water partition coefficient (Wildman–Crippen LogP) is 6.23. The molecule has 6 nitrogen and oxygen atoms in total. The van der Waals surface area contributed by atoms with Gasteiger partial charge in [-0.05, 0) is 96.7 Å². The maximum Gasteiger partial charge on any atom is 0.317 e. The minimum atomic E-state index is -0.257. The van der Waals surface area contributed by atoms with Crippen LogP contribution in [0.15, 0.2) is 46.3 Å². The van der Waals surface area contributed by atoms with Gasteiger partial charge in [0.2, 0.25) is 5.78 Å². The van der Waals surface area contributed by atoms with Crippen molar-refractivity contribution in [1.29, 1.82) is 0 Å². The van der Waals surface area contributed by atoms with Crippen molar-refractivity contribution in [3.63, 3.8) is 0 Å². The molecule has 3 N–H and O–H groups in total. The second-order valence-corrected chi connectivity index (χ2v) is 15.3. The first kappa shape index (κ1) is 27.8. The second-order valence-electron chi connectivity index (χ2n) is 15.3. The molecule has 3 saturated carbocycles. The zero-order valence-electron chi connectivity index (χ0n) is 25.5. The van der Waals surface area contributed by atoms with E-state index in [0.29, 0.717) is 16.9 Å². The van der Waals surface area contributed by atoms with Crippen LogP contribution in [0.3, 0.4) is 0 Å². The van der Waals surface area contributed by atoms with Crippen LogP contribution in [0.4, 0.5) is 4.79 Å². The van der Waals surface area contributed by atoms with Gasteiger partial charge in [-0.15, -0.1) is 0 Å². The lowest BCUT2D eigenvalue weighted by molar-refractivity contribution is -0.160. The zero-order valence-corrected chi connectivity index (χ0v) is 25.5. The van der Waals surface area contributed by atoms with E-state index < -0.39 is 0 Å². The van der Waals surface area contributed by atoms with E-state index in [9.17, 15) is 14.7 Å². The Morgan fingerprint density at radius 3 is 2.45 bits per heavy atom. The van der Waals surface area contributed by atoms with E-state index in [2.05, 4.69) is 57.4 Å². The van der Waals surface area contributed by atoms with E-state index in [0.717, 1.165) is 69.6 Å². The molecular weight excluding hydrogens is 498 g/mol. The number of carbonyl (C=O) groups excluding carboxylic acids is 2. The minimum absolute atomic E-state index is 0.0233. The molecule has 6 atom stereocenters. The molecule has 2 amide bonds. The first-order valence-electron chi connectivity index (χ1n) is 15.6. The monoisotopic (exact) mass is 547 g/mol. The highest BCUT2D eigenvalue weighted by Crippen LogP contribution is 2.75. The number of fused-ring (bicyclic) bond motifs is 7. The number of allylic oxidation sites excluding steroid dienone is 7. The summed E-state index contributed by atoms with van der Waals surface area (Å²) in [6.07, 6.45) is 14.3. The van der Waals surface area contributed by atoms with Gasteiger partial charge in [-0.2, -0.15) is 0 Å². The van der Waals surface area contributed by atoms with Crippen molar-refractivity contribution >= 4 is 11.8 Å². The number of rotatable bonds is 2. The summed E-state index contributed by atoms with van der Waals surface area (Å²) in [4.78, 5) is 27.7. The lowest BCUT2D eigenvalue weighted by Crippen LogP contribution is -2.62. The van der Waals surface area contributed by atoms with E-state index in [4.69, 9.17) is 0 Å². The Balaban J connectivity index is 1.30. The highest BCUT2D eigenvalue weighted by Gasteiger charge is 2.66. The van der Waals surface area contributed by atoms with Crippen LogP contribution in [0.25, 0.3) is 0 Å². The smallest absolute Gasteiger partial charge is 0.317 e. The number of urea groups is 1. The van der Waals surface area contributed by atoms with Crippen molar-refractivity contribution in [1.82, 2.24) is 15.5 Å². The SMILES string of the molecule is CC1=C(O)C(=O)C=C2C1=CC=C1[C@@]2(C)CC[C@@]2(C)[C@@H]3C[C@](C)(CNC(=O)N4CCNCC4)CC[C@@]3(C)CC[C@]12C. The highest BCUT2D eigenvalue weighted by atomic mass is 16.3. The molecule has 0 bridgehead atoms. The molecule has 1 aliphatic heterocycles. The summed E-state index contributed by atoms with van der Waals surface area (Å²) in [7, 11) is 0. The zero-order chi connectivity index (χ0) is 28.7. The number of amides is 2. The molecule has 0 unspecified atom stereocenters. The number of nitrogens with zero attached hydrogens (tertiary/aromatic N) is 1. The van der Waals surface area contributed by atoms with Crippen LogP contribution in [0, 0.1) is 33.0 Å². The molecule has 5 aliphatic carbocycles.